The molecule has 0 aromatic heterocycles. The van der Waals surface area contributed by atoms with Gasteiger partial charge in [-0.15, -0.1) is 11.8 Å². The molecule has 3 amide bonds. The van der Waals surface area contributed by atoms with Gasteiger partial charge in [-0.05, 0) is 27.7 Å². The van der Waals surface area contributed by atoms with Crippen LogP contribution < -0.4 is 11.1 Å². The van der Waals surface area contributed by atoms with Crippen molar-refractivity contribution in [1.82, 2.24) is 10.2 Å². The smallest absolute Gasteiger partial charge is 0.411 e. The molecule has 1 aliphatic rings. The second kappa shape index (κ2) is 6.34. The van der Waals surface area contributed by atoms with E-state index in [0.717, 1.165) is 0 Å². The normalized spacial score (nSPS) is 20.4. The number of nitrogens with zero attached hydrogens (tertiary/aromatic N) is 1. The van der Waals surface area contributed by atoms with Crippen molar-refractivity contribution in [1.29, 1.82) is 0 Å². The van der Waals surface area contributed by atoms with Crippen molar-refractivity contribution < 1.29 is 19.1 Å². The van der Waals surface area contributed by atoms with Gasteiger partial charge in [0.25, 0.3) is 0 Å². The highest BCUT2D eigenvalue weighted by molar-refractivity contribution is 7.99. The van der Waals surface area contributed by atoms with Crippen molar-refractivity contribution >= 4 is 29.7 Å². The Bertz CT molecular complexity index is 408. The van der Waals surface area contributed by atoms with E-state index in [9.17, 15) is 14.4 Å². The Morgan fingerprint density at radius 2 is 2.00 bits per heavy atom. The summed E-state index contributed by atoms with van der Waals surface area (Å²) < 4.78 is 5.26. The van der Waals surface area contributed by atoms with Gasteiger partial charge < -0.3 is 15.8 Å². The molecule has 1 heterocycles. The van der Waals surface area contributed by atoms with E-state index in [1.54, 1.807) is 20.8 Å². The Kier molecular flexibility index (Phi) is 5.27. The predicted octanol–water partition coefficient (Wildman–Crippen LogP) is 0.286. The lowest BCUT2D eigenvalue weighted by Gasteiger charge is -2.27. The summed E-state index contributed by atoms with van der Waals surface area (Å²) in [6.45, 7) is 6.79. The number of amides is 3. The topological polar surface area (TPSA) is 102 Å². The molecule has 1 fully saturated rings. The van der Waals surface area contributed by atoms with E-state index in [4.69, 9.17) is 10.5 Å². The lowest BCUT2D eigenvalue weighted by molar-refractivity contribution is -0.129. The lowest BCUT2D eigenvalue weighted by atomic mass is 10.2. The monoisotopic (exact) mass is 303 g/mol. The van der Waals surface area contributed by atoms with Crippen LogP contribution in [0.3, 0.4) is 0 Å². The highest BCUT2D eigenvalue weighted by atomic mass is 32.2. The molecule has 7 nitrogen and oxygen atoms in total. The molecule has 0 aliphatic carbocycles. The maximum absolute atomic E-state index is 12.1. The number of carbonyl (C=O) groups is 3. The number of primary amides is 1. The SMILES string of the molecule is CC(NC(=O)[C@@H]1CSCN1C(=O)OC(C)(C)C)C(N)=O. The van der Waals surface area contributed by atoms with Crippen LogP contribution in [0, 0.1) is 0 Å². The van der Waals surface area contributed by atoms with Crippen molar-refractivity contribution in [2.45, 2.75) is 45.4 Å². The van der Waals surface area contributed by atoms with Crippen LogP contribution in [-0.2, 0) is 14.3 Å². The number of hydrogen-bond acceptors (Lipinski definition) is 5. The zero-order chi connectivity index (χ0) is 15.5. The van der Waals surface area contributed by atoms with Crippen molar-refractivity contribution in [3.8, 4) is 0 Å². The molecule has 0 aromatic carbocycles. The van der Waals surface area contributed by atoms with Crippen molar-refractivity contribution in [2.24, 2.45) is 5.73 Å². The number of hydrogen-bond donors (Lipinski definition) is 2. The fraction of sp³-hybridized carbons (Fsp3) is 0.750. The van der Waals surface area contributed by atoms with Gasteiger partial charge in [-0.25, -0.2) is 4.79 Å². The van der Waals surface area contributed by atoms with Crippen LogP contribution in [0.2, 0.25) is 0 Å². The molecule has 8 heteroatoms. The molecule has 0 aromatic rings. The molecule has 1 aliphatic heterocycles. The number of thioether (sulfide) groups is 1. The first-order valence-corrected chi connectivity index (χ1v) is 7.44. The average Bonchev–Trinajstić information content (AvgIpc) is 2.74. The third kappa shape index (κ3) is 4.59. The third-order valence-electron chi connectivity index (χ3n) is 2.60. The van der Waals surface area contributed by atoms with Gasteiger partial charge in [0.1, 0.15) is 17.7 Å². The van der Waals surface area contributed by atoms with Gasteiger partial charge in [-0.1, -0.05) is 0 Å². The van der Waals surface area contributed by atoms with Crippen LogP contribution >= 0.6 is 11.8 Å². The van der Waals surface area contributed by atoms with E-state index in [-0.39, 0.29) is 0 Å². The zero-order valence-corrected chi connectivity index (χ0v) is 13.0. The summed E-state index contributed by atoms with van der Waals surface area (Å²) in [5, 5.41) is 2.49. The molecular formula is C12H21N3O4S. The summed E-state index contributed by atoms with van der Waals surface area (Å²) in [5.74, 6) is -0.158. The van der Waals surface area contributed by atoms with Crippen LogP contribution in [0.15, 0.2) is 0 Å². The maximum Gasteiger partial charge on any atom is 0.411 e. The van der Waals surface area contributed by atoms with Gasteiger partial charge in [0.05, 0.1) is 5.88 Å². The highest BCUT2D eigenvalue weighted by Gasteiger charge is 2.37. The number of rotatable bonds is 3. The molecule has 1 rings (SSSR count). The van der Waals surface area contributed by atoms with Crippen LogP contribution in [0.25, 0.3) is 0 Å². The van der Waals surface area contributed by atoms with Crippen molar-refractivity contribution in [2.75, 3.05) is 11.6 Å². The minimum atomic E-state index is -0.770. The van der Waals surface area contributed by atoms with Gasteiger partial charge >= 0.3 is 6.09 Å². The largest absolute Gasteiger partial charge is 0.444 e. The van der Waals surface area contributed by atoms with Crippen LogP contribution in [0.5, 0.6) is 0 Å². The van der Waals surface area contributed by atoms with E-state index in [2.05, 4.69) is 5.32 Å². The average molecular weight is 303 g/mol. The van der Waals surface area contributed by atoms with E-state index in [1.807, 2.05) is 0 Å². The minimum Gasteiger partial charge on any atom is -0.444 e. The van der Waals surface area contributed by atoms with E-state index >= 15 is 0 Å². The second-order valence-corrected chi connectivity index (χ2v) is 6.60. The highest BCUT2D eigenvalue weighted by Crippen LogP contribution is 2.23. The van der Waals surface area contributed by atoms with Crippen LogP contribution in [0.4, 0.5) is 4.79 Å². The first kappa shape index (κ1) is 16.6. The Morgan fingerprint density at radius 1 is 1.40 bits per heavy atom. The Balaban J connectivity index is 2.67. The molecule has 0 bridgehead atoms. The standard InChI is InChI=1S/C12H21N3O4S/c1-7(9(13)16)14-10(17)8-5-20-6-15(8)11(18)19-12(2,3)4/h7-8H,5-6H2,1-4H3,(H2,13,16)(H,14,17)/t7?,8-/m0/s1. The van der Waals surface area contributed by atoms with Gasteiger partial charge in [-0.2, -0.15) is 0 Å². The molecule has 3 N–H and O–H groups in total. The molecule has 0 saturated carbocycles. The molecule has 1 unspecified atom stereocenters. The Labute approximate surface area is 122 Å². The second-order valence-electron chi connectivity index (χ2n) is 5.60. The Hall–Kier alpha value is -1.44. The first-order valence-electron chi connectivity index (χ1n) is 6.29. The quantitative estimate of drug-likeness (QED) is 0.780. The van der Waals surface area contributed by atoms with E-state index in [1.165, 1.54) is 23.6 Å². The van der Waals surface area contributed by atoms with Crippen LogP contribution in [0.1, 0.15) is 27.7 Å². The molecule has 0 spiro atoms. The molecule has 1 saturated heterocycles. The maximum atomic E-state index is 12.1. The third-order valence-corrected chi connectivity index (χ3v) is 3.61. The molecule has 2 atom stereocenters. The number of ether oxygens (including phenoxy) is 1. The number of carbonyl (C=O) groups excluding carboxylic acids is 3. The van der Waals surface area contributed by atoms with E-state index in [0.29, 0.717) is 11.6 Å². The van der Waals surface area contributed by atoms with Gasteiger partial charge in [0.2, 0.25) is 11.8 Å². The summed E-state index contributed by atoms with van der Waals surface area (Å²) >= 11 is 1.46. The first-order chi connectivity index (χ1) is 9.11. The molecule has 0 radical (unpaired) electrons. The zero-order valence-electron chi connectivity index (χ0n) is 12.1. The van der Waals surface area contributed by atoms with Gasteiger partial charge in [0, 0.05) is 5.75 Å². The molecule has 114 valence electrons. The van der Waals surface area contributed by atoms with Gasteiger partial charge in [0.15, 0.2) is 0 Å². The van der Waals surface area contributed by atoms with Crippen molar-refractivity contribution in [3.63, 3.8) is 0 Å². The Morgan fingerprint density at radius 3 is 2.50 bits per heavy atom. The summed E-state index contributed by atoms with van der Waals surface area (Å²) in [4.78, 5) is 36.4. The summed E-state index contributed by atoms with van der Waals surface area (Å²) in [7, 11) is 0. The lowest BCUT2D eigenvalue weighted by Crippen LogP contribution is -2.52. The number of nitrogens with two attached hydrogens (primary N) is 1. The number of nitrogens with one attached hydrogen (secondary N) is 1. The summed E-state index contributed by atoms with van der Waals surface area (Å²) in [6.07, 6.45) is -0.533. The van der Waals surface area contributed by atoms with E-state index < -0.39 is 35.6 Å². The summed E-state index contributed by atoms with van der Waals surface area (Å²) in [6, 6.07) is -1.41. The van der Waals surface area contributed by atoms with Crippen molar-refractivity contribution in [3.05, 3.63) is 0 Å². The molecular weight excluding hydrogens is 282 g/mol. The van der Waals surface area contributed by atoms with Crippen LogP contribution in [-0.4, -0.2) is 52.1 Å². The minimum absolute atomic E-state index is 0.387. The fourth-order valence-electron chi connectivity index (χ4n) is 1.54. The van der Waals surface area contributed by atoms with Gasteiger partial charge in [-0.3, -0.25) is 14.5 Å². The molecule has 20 heavy (non-hydrogen) atoms. The fourth-order valence-corrected chi connectivity index (χ4v) is 2.68. The summed E-state index contributed by atoms with van der Waals surface area (Å²) in [5.41, 5.74) is 4.48. The predicted molar refractivity (Wildman–Crippen MR) is 76.0 cm³/mol.